The van der Waals surface area contributed by atoms with Crippen molar-refractivity contribution in [3.05, 3.63) is 107 Å². The third kappa shape index (κ3) is 5.83. The van der Waals surface area contributed by atoms with Gasteiger partial charge in [0.25, 0.3) is 5.91 Å². The highest BCUT2D eigenvalue weighted by molar-refractivity contribution is 6.31. The number of halogens is 1. The molecule has 2 aliphatic heterocycles. The van der Waals surface area contributed by atoms with Crippen LogP contribution in [0.25, 0.3) is 0 Å². The highest BCUT2D eigenvalue weighted by atomic mass is 35.5. The Morgan fingerprint density at radius 1 is 1.07 bits per heavy atom. The second-order valence-electron chi connectivity index (χ2n) is 10.7. The van der Waals surface area contributed by atoms with Crippen molar-refractivity contribution in [3.63, 3.8) is 0 Å². The van der Waals surface area contributed by atoms with Gasteiger partial charge in [0.1, 0.15) is 0 Å². The van der Waals surface area contributed by atoms with Crippen molar-refractivity contribution < 1.29 is 24.6 Å². The second kappa shape index (κ2) is 12.5. The molecule has 3 amide bonds. The van der Waals surface area contributed by atoms with Gasteiger partial charge >= 0.3 is 0 Å². The van der Waals surface area contributed by atoms with Crippen LogP contribution < -0.4 is 9.80 Å². The van der Waals surface area contributed by atoms with Gasteiger partial charge in [-0.2, -0.15) is 0 Å². The molecule has 3 aromatic carbocycles. The molecule has 1 fully saturated rings. The number of hydrogen-bond acceptors (Lipinski definition) is 5. The van der Waals surface area contributed by atoms with Gasteiger partial charge in [-0.15, -0.1) is 0 Å². The number of hydrogen-bond donors (Lipinski definition) is 2. The van der Waals surface area contributed by atoms with E-state index in [9.17, 15) is 24.6 Å². The smallest absolute Gasteiger partial charge is 0.264 e. The number of carbonyl (C=O) groups is 3. The lowest BCUT2D eigenvalue weighted by molar-refractivity contribution is -0.139. The van der Waals surface area contributed by atoms with Crippen molar-refractivity contribution in [2.24, 2.45) is 5.92 Å². The van der Waals surface area contributed by atoms with Crippen molar-refractivity contribution in [2.45, 2.75) is 38.5 Å². The van der Waals surface area contributed by atoms with Crippen LogP contribution in [-0.2, 0) is 33.1 Å². The van der Waals surface area contributed by atoms with Gasteiger partial charge in [0.05, 0.1) is 18.8 Å². The van der Waals surface area contributed by atoms with Gasteiger partial charge in [-0.25, -0.2) is 0 Å². The Hall–Kier alpha value is -3.98. The summed E-state index contributed by atoms with van der Waals surface area (Å²) >= 11 is 6.31. The molecule has 0 unspecified atom stereocenters. The molecule has 2 heterocycles. The zero-order chi connectivity index (χ0) is 29.9. The quantitative estimate of drug-likeness (QED) is 0.256. The molecule has 8 nitrogen and oxygen atoms in total. The summed E-state index contributed by atoms with van der Waals surface area (Å²) in [6.45, 7) is 3.03. The van der Waals surface area contributed by atoms with Crippen LogP contribution in [0.2, 0.25) is 5.02 Å². The number of benzene rings is 3. The van der Waals surface area contributed by atoms with Crippen LogP contribution in [0.4, 0.5) is 11.4 Å². The summed E-state index contributed by atoms with van der Waals surface area (Å²) in [7, 11) is 0. The van der Waals surface area contributed by atoms with E-state index in [1.54, 1.807) is 52.0 Å². The van der Waals surface area contributed by atoms with Gasteiger partial charge in [0.2, 0.25) is 11.8 Å². The van der Waals surface area contributed by atoms with Gasteiger partial charge in [0.15, 0.2) is 5.60 Å². The van der Waals surface area contributed by atoms with Crippen molar-refractivity contribution in [1.82, 2.24) is 4.90 Å². The van der Waals surface area contributed by atoms with Crippen molar-refractivity contribution in [3.8, 4) is 0 Å². The van der Waals surface area contributed by atoms with Crippen LogP contribution in [0, 0.1) is 5.92 Å². The Labute approximate surface area is 250 Å². The first-order valence-corrected chi connectivity index (χ1v) is 14.4. The van der Waals surface area contributed by atoms with E-state index in [0.717, 1.165) is 16.8 Å². The maximum absolute atomic E-state index is 13.9. The van der Waals surface area contributed by atoms with Gasteiger partial charge in [-0.1, -0.05) is 73.1 Å². The van der Waals surface area contributed by atoms with E-state index in [2.05, 4.69) is 0 Å². The maximum atomic E-state index is 13.9. The molecule has 3 aromatic rings. The molecule has 0 aromatic heterocycles. The van der Waals surface area contributed by atoms with Gasteiger partial charge in [-0.3, -0.25) is 14.4 Å². The lowest BCUT2D eigenvalue weighted by atomic mass is 9.83. The van der Waals surface area contributed by atoms with Crippen molar-refractivity contribution >= 4 is 40.7 Å². The van der Waals surface area contributed by atoms with Crippen LogP contribution in [0.5, 0.6) is 0 Å². The molecule has 42 heavy (non-hydrogen) atoms. The van der Waals surface area contributed by atoms with E-state index >= 15 is 0 Å². The van der Waals surface area contributed by atoms with Crippen LogP contribution in [0.15, 0.2) is 84.9 Å². The van der Waals surface area contributed by atoms with Crippen molar-refractivity contribution in [1.29, 1.82) is 0 Å². The average Bonchev–Trinajstić information content (AvgIpc) is 3.18. The fourth-order valence-corrected chi connectivity index (χ4v) is 5.70. The molecule has 0 aliphatic carbocycles. The number of anilines is 2. The van der Waals surface area contributed by atoms with Gasteiger partial charge in [-0.05, 0) is 41.5 Å². The molecule has 218 valence electrons. The highest BCUT2D eigenvalue weighted by Gasteiger charge is 2.52. The molecule has 0 radical (unpaired) electrons. The zero-order valence-corrected chi connectivity index (χ0v) is 24.2. The van der Waals surface area contributed by atoms with E-state index in [-0.39, 0.29) is 37.9 Å². The standard InChI is InChI=1S/C33H34ClN3O5/c1-23(7-5-12-30(39)35(17-18-38)21-24-8-3-2-4-9-24)33(42)28-20-26(34)13-14-29(28)37(32(33)41)22-25-10-6-11-27(19-25)36-16-15-31(36)40/h2-11,13-14,19-20,23,38,42H,12,15-18,21-22H2,1H3/b7-5+/t23-,33+/m1/s1. The highest BCUT2D eigenvalue weighted by Crippen LogP contribution is 2.46. The SMILES string of the molecule is C[C@H](/C=C/CC(=O)N(CCO)Cc1ccccc1)[C@@]1(O)C(=O)N(Cc2cccc(N3CCC3=O)c2)c2ccc(Cl)cc21. The number of fused-ring (bicyclic) bond motifs is 1. The number of aliphatic hydroxyl groups is 2. The molecule has 5 rings (SSSR count). The van der Waals surface area contributed by atoms with Crippen LogP contribution in [0.1, 0.15) is 36.5 Å². The average molecular weight is 588 g/mol. The summed E-state index contributed by atoms with van der Waals surface area (Å²) in [4.78, 5) is 43.7. The topological polar surface area (TPSA) is 101 Å². The molecule has 0 saturated carbocycles. The predicted molar refractivity (Wildman–Crippen MR) is 162 cm³/mol. The Morgan fingerprint density at radius 2 is 1.83 bits per heavy atom. The number of aliphatic hydroxyl groups excluding tert-OH is 1. The first-order chi connectivity index (χ1) is 20.2. The Kier molecular flexibility index (Phi) is 8.77. The molecular weight excluding hydrogens is 554 g/mol. The molecular formula is C33H34ClN3O5. The molecule has 2 atom stereocenters. The fourth-order valence-electron chi connectivity index (χ4n) is 5.53. The lowest BCUT2D eigenvalue weighted by Crippen LogP contribution is -2.44. The zero-order valence-electron chi connectivity index (χ0n) is 23.4. The van der Waals surface area contributed by atoms with Crippen molar-refractivity contribution in [2.75, 3.05) is 29.5 Å². The maximum Gasteiger partial charge on any atom is 0.264 e. The summed E-state index contributed by atoms with van der Waals surface area (Å²) in [5.74, 6) is -1.27. The number of carbonyl (C=O) groups excluding carboxylic acids is 3. The minimum absolute atomic E-state index is 0.0512. The molecule has 0 spiro atoms. The monoisotopic (exact) mass is 587 g/mol. The van der Waals surface area contributed by atoms with Gasteiger partial charge in [0, 0.05) is 54.7 Å². The van der Waals surface area contributed by atoms with Gasteiger partial charge < -0.3 is 24.9 Å². The summed E-state index contributed by atoms with van der Waals surface area (Å²) in [6.07, 6.45) is 3.92. The number of β-lactam (4-membered cyclic amide) rings is 1. The fraction of sp³-hybridized carbons (Fsp3) is 0.303. The minimum Gasteiger partial charge on any atom is -0.395 e. The summed E-state index contributed by atoms with van der Waals surface area (Å²) in [6, 6.07) is 22.1. The largest absolute Gasteiger partial charge is 0.395 e. The van der Waals surface area contributed by atoms with Crippen LogP contribution in [-0.4, -0.2) is 52.5 Å². The predicted octanol–water partition coefficient (Wildman–Crippen LogP) is 4.41. The second-order valence-corrected chi connectivity index (χ2v) is 11.2. The summed E-state index contributed by atoms with van der Waals surface area (Å²) in [5, 5.41) is 21.8. The molecule has 9 heteroatoms. The lowest BCUT2D eigenvalue weighted by Gasteiger charge is -2.31. The first kappa shape index (κ1) is 29.5. The van der Waals surface area contributed by atoms with E-state index in [4.69, 9.17) is 11.6 Å². The Bertz CT molecular complexity index is 1510. The van der Waals surface area contributed by atoms with Crippen LogP contribution >= 0.6 is 11.6 Å². The Balaban J connectivity index is 1.33. The van der Waals surface area contributed by atoms with Crippen LogP contribution in [0.3, 0.4) is 0 Å². The van der Waals surface area contributed by atoms with E-state index in [1.807, 2.05) is 54.6 Å². The summed E-state index contributed by atoms with van der Waals surface area (Å²) in [5.41, 5.74) is 1.64. The summed E-state index contributed by atoms with van der Waals surface area (Å²) < 4.78 is 0. The van der Waals surface area contributed by atoms with E-state index in [0.29, 0.717) is 35.8 Å². The number of amides is 3. The normalized spacial score (nSPS) is 18.8. The molecule has 2 aliphatic rings. The number of nitrogens with zero attached hydrogens (tertiary/aromatic N) is 3. The Morgan fingerprint density at radius 3 is 2.52 bits per heavy atom. The van der Waals surface area contributed by atoms with E-state index in [1.165, 1.54) is 0 Å². The third-order valence-electron chi connectivity index (χ3n) is 7.96. The van der Waals surface area contributed by atoms with E-state index < -0.39 is 17.4 Å². The molecule has 0 bridgehead atoms. The minimum atomic E-state index is -1.89. The first-order valence-electron chi connectivity index (χ1n) is 14.0. The third-order valence-corrected chi connectivity index (χ3v) is 8.19. The number of rotatable bonds is 11. The molecule has 2 N–H and O–H groups in total. The molecule has 1 saturated heterocycles.